The number of benzene rings is 1. The molecule has 2 rings (SSSR count). The lowest BCUT2D eigenvalue weighted by Crippen LogP contribution is -2.44. The van der Waals surface area contributed by atoms with Crippen LogP contribution in [0.5, 0.6) is 0 Å². The molecule has 1 fully saturated rings. The van der Waals surface area contributed by atoms with Crippen molar-refractivity contribution in [2.75, 3.05) is 6.54 Å². The zero-order valence-corrected chi connectivity index (χ0v) is 11.9. The standard InChI is InChI=1S/C13H17FN2O3S/c1-9-3-2-4-10(5-9)8-20(18,19)16-7-11(14)6-12(16)13(15)17/h2-5,11-12H,6-8H2,1H3,(H2,15,17)/t11-,12+/m1/s1. The van der Waals surface area contributed by atoms with E-state index in [1.807, 2.05) is 13.0 Å². The third kappa shape index (κ3) is 3.16. The van der Waals surface area contributed by atoms with Crippen molar-refractivity contribution in [3.05, 3.63) is 35.4 Å². The Morgan fingerprint density at radius 2 is 2.20 bits per heavy atom. The molecular weight excluding hydrogens is 283 g/mol. The first kappa shape index (κ1) is 14.9. The monoisotopic (exact) mass is 300 g/mol. The first-order valence-electron chi connectivity index (χ1n) is 6.28. The topological polar surface area (TPSA) is 80.5 Å². The van der Waals surface area contributed by atoms with Crippen LogP contribution in [-0.2, 0) is 20.6 Å². The number of hydrogen-bond donors (Lipinski definition) is 1. The van der Waals surface area contributed by atoms with Gasteiger partial charge in [0, 0.05) is 13.0 Å². The Hall–Kier alpha value is -1.47. The fourth-order valence-corrected chi connectivity index (χ4v) is 4.15. The van der Waals surface area contributed by atoms with E-state index >= 15 is 0 Å². The Morgan fingerprint density at radius 3 is 2.80 bits per heavy atom. The average Bonchev–Trinajstić information content (AvgIpc) is 2.72. The third-order valence-electron chi connectivity index (χ3n) is 3.32. The van der Waals surface area contributed by atoms with E-state index in [2.05, 4.69) is 0 Å². The fraction of sp³-hybridized carbons (Fsp3) is 0.462. The molecule has 1 aromatic carbocycles. The summed E-state index contributed by atoms with van der Waals surface area (Å²) >= 11 is 0. The molecule has 0 radical (unpaired) electrons. The molecule has 0 saturated carbocycles. The van der Waals surface area contributed by atoms with Crippen LogP contribution in [0.1, 0.15) is 17.5 Å². The van der Waals surface area contributed by atoms with Gasteiger partial charge in [0.2, 0.25) is 15.9 Å². The van der Waals surface area contributed by atoms with Gasteiger partial charge in [0.25, 0.3) is 0 Å². The Balaban J connectivity index is 2.23. The molecule has 1 amide bonds. The smallest absolute Gasteiger partial charge is 0.235 e. The number of nitrogens with two attached hydrogens (primary N) is 1. The van der Waals surface area contributed by atoms with Crippen LogP contribution < -0.4 is 5.73 Å². The van der Waals surface area contributed by atoms with E-state index in [9.17, 15) is 17.6 Å². The summed E-state index contributed by atoms with van der Waals surface area (Å²) in [6, 6.07) is 5.97. The predicted molar refractivity (Wildman–Crippen MR) is 73.0 cm³/mol. The minimum Gasteiger partial charge on any atom is -0.368 e. The number of alkyl halides is 1. The Bertz CT molecular complexity index is 618. The summed E-state index contributed by atoms with van der Waals surface area (Å²) in [5.41, 5.74) is 6.70. The highest BCUT2D eigenvalue weighted by Crippen LogP contribution is 2.25. The molecule has 1 aromatic rings. The van der Waals surface area contributed by atoms with Crippen molar-refractivity contribution in [1.82, 2.24) is 4.31 Å². The summed E-state index contributed by atoms with van der Waals surface area (Å²) in [4.78, 5) is 11.3. The minimum atomic E-state index is -3.76. The van der Waals surface area contributed by atoms with Crippen LogP contribution in [0.3, 0.4) is 0 Å². The van der Waals surface area contributed by atoms with E-state index < -0.39 is 28.1 Å². The molecule has 2 atom stereocenters. The number of rotatable bonds is 4. The number of hydrogen-bond acceptors (Lipinski definition) is 3. The van der Waals surface area contributed by atoms with Crippen molar-refractivity contribution >= 4 is 15.9 Å². The van der Waals surface area contributed by atoms with Crippen molar-refractivity contribution in [3.63, 3.8) is 0 Å². The van der Waals surface area contributed by atoms with E-state index in [-0.39, 0.29) is 18.7 Å². The highest BCUT2D eigenvalue weighted by atomic mass is 32.2. The summed E-state index contributed by atoms with van der Waals surface area (Å²) in [5, 5.41) is 0. The molecule has 0 bridgehead atoms. The predicted octanol–water partition coefficient (Wildman–Crippen LogP) is 0.723. The zero-order valence-electron chi connectivity index (χ0n) is 11.1. The van der Waals surface area contributed by atoms with Gasteiger partial charge in [-0.2, -0.15) is 4.31 Å². The molecular formula is C13H17FN2O3S. The highest BCUT2D eigenvalue weighted by molar-refractivity contribution is 7.88. The van der Waals surface area contributed by atoms with Crippen LogP contribution in [0.15, 0.2) is 24.3 Å². The van der Waals surface area contributed by atoms with Crippen molar-refractivity contribution < 1.29 is 17.6 Å². The van der Waals surface area contributed by atoms with Gasteiger partial charge in [-0.05, 0) is 12.5 Å². The molecule has 110 valence electrons. The quantitative estimate of drug-likeness (QED) is 0.890. The number of sulfonamides is 1. The third-order valence-corrected chi connectivity index (χ3v) is 5.14. The summed E-state index contributed by atoms with van der Waals surface area (Å²) in [6.45, 7) is 1.55. The lowest BCUT2D eigenvalue weighted by atomic mass is 10.2. The number of amides is 1. The number of primary amides is 1. The maximum absolute atomic E-state index is 13.4. The Kier molecular flexibility index (Phi) is 4.10. The van der Waals surface area contributed by atoms with Crippen molar-refractivity contribution in [1.29, 1.82) is 0 Å². The lowest BCUT2D eigenvalue weighted by molar-refractivity contribution is -0.121. The number of carbonyl (C=O) groups excluding carboxylic acids is 1. The van der Waals surface area contributed by atoms with Gasteiger partial charge in [0.1, 0.15) is 12.2 Å². The van der Waals surface area contributed by atoms with Crippen molar-refractivity contribution in [2.24, 2.45) is 5.73 Å². The largest absolute Gasteiger partial charge is 0.368 e. The van der Waals surface area contributed by atoms with E-state index in [0.29, 0.717) is 5.56 Å². The van der Waals surface area contributed by atoms with E-state index in [1.54, 1.807) is 18.2 Å². The minimum absolute atomic E-state index is 0.164. The first-order chi connectivity index (χ1) is 9.29. The molecule has 5 nitrogen and oxygen atoms in total. The van der Waals surface area contributed by atoms with Gasteiger partial charge in [-0.25, -0.2) is 12.8 Å². The SMILES string of the molecule is Cc1cccc(CS(=O)(=O)N2C[C@H](F)C[C@H]2C(N)=O)c1. The summed E-state index contributed by atoms with van der Waals surface area (Å²) in [6.07, 6.45) is -1.51. The second-order valence-corrected chi connectivity index (χ2v) is 6.99. The Labute approximate surface area is 117 Å². The molecule has 1 saturated heterocycles. The van der Waals surface area contributed by atoms with E-state index in [0.717, 1.165) is 9.87 Å². The molecule has 1 aliphatic rings. The van der Waals surface area contributed by atoms with Gasteiger partial charge >= 0.3 is 0 Å². The van der Waals surface area contributed by atoms with E-state index in [4.69, 9.17) is 5.73 Å². The zero-order chi connectivity index (χ0) is 14.9. The van der Waals surface area contributed by atoms with Crippen LogP contribution in [0.25, 0.3) is 0 Å². The van der Waals surface area contributed by atoms with Crippen LogP contribution in [0.4, 0.5) is 4.39 Å². The van der Waals surface area contributed by atoms with E-state index in [1.165, 1.54) is 0 Å². The van der Waals surface area contributed by atoms with Crippen molar-refractivity contribution in [2.45, 2.75) is 31.3 Å². The molecule has 0 unspecified atom stereocenters. The molecule has 7 heteroatoms. The summed E-state index contributed by atoms with van der Waals surface area (Å²) in [5.74, 6) is -1.07. The second-order valence-electron chi connectivity index (χ2n) is 5.07. The van der Waals surface area contributed by atoms with Crippen LogP contribution in [0.2, 0.25) is 0 Å². The number of carbonyl (C=O) groups is 1. The molecule has 1 aliphatic heterocycles. The maximum atomic E-state index is 13.4. The molecule has 0 aliphatic carbocycles. The summed E-state index contributed by atoms with van der Waals surface area (Å²) < 4.78 is 38.9. The van der Waals surface area contributed by atoms with Gasteiger partial charge in [-0.3, -0.25) is 4.79 Å². The van der Waals surface area contributed by atoms with Crippen LogP contribution in [0, 0.1) is 6.92 Å². The fourth-order valence-electron chi connectivity index (χ4n) is 2.42. The van der Waals surface area contributed by atoms with Crippen molar-refractivity contribution in [3.8, 4) is 0 Å². The van der Waals surface area contributed by atoms with Gasteiger partial charge in [-0.15, -0.1) is 0 Å². The molecule has 0 spiro atoms. The molecule has 20 heavy (non-hydrogen) atoms. The molecule has 2 N–H and O–H groups in total. The molecule has 0 aromatic heterocycles. The number of aryl methyl sites for hydroxylation is 1. The molecule has 1 heterocycles. The van der Waals surface area contributed by atoms with Gasteiger partial charge in [0.15, 0.2) is 0 Å². The lowest BCUT2D eigenvalue weighted by Gasteiger charge is -2.21. The van der Waals surface area contributed by atoms with Crippen LogP contribution in [-0.4, -0.2) is 37.4 Å². The van der Waals surface area contributed by atoms with Crippen LogP contribution >= 0.6 is 0 Å². The second kappa shape index (κ2) is 5.49. The average molecular weight is 300 g/mol. The normalized spacial score (nSPS) is 23.9. The number of halogens is 1. The Morgan fingerprint density at radius 1 is 1.50 bits per heavy atom. The number of nitrogens with zero attached hydrogens (tertiary/aromatic N) is 1. The summed E-state index contributed by atoms with van der Waals surface area (Å²) in [7, 11) is -3.76. The van der Waals surface area contributed by atoms with Gasteiger partial charge < -0.3 is 5.73 Å². The highest BCUT2D eigenvalue weighted by Gasteiger charge is 2.42. The maximum Gasteiger partial charge on any atom is 0.235 e. The first-order valence-corrected chi connectivity index (χ1v) is 7.89. The van der Waals surface area contributed by atoms with Gasteiger partial charge in [0.05, 0.1) is 5.75 Å². The van der Waals surface area contributed by atoms with Gasteiger partial charge in [-0.1, -0.05) is 29.8 Å².